The molecule has 98 valence electrons. The molecule has 1 aliphatic carbocycles. The number of likely N-dealkylation sites (N-methyl/N-ethyl adjacent to an activating group) is 1. The van der Waals surface area contributed by atoms with Crippen LogP contribution in [0.2, 0.25) is 0 Å². The van der Waals surface area contributed by atoms with Gasteiger partial charge in [-0.25, -0.2) is 0 Å². The molecule has 4 heteroatoms. The van der Waals surface area contributed by atoms with Crippen LogP contribution >= 0.6 is 0 Å². The zero-order valence-corrected chi connectivity index (χ0v) is 11.3. The van der Waals surface area contributed by atoms with E-state index < -0.39 is 5.66 Å². The summed E-state index contributed by atoms with van der Waals surface area (Å²) in [7, 11) is 1.84. The summed E-state index contributed by atoms with van der Waals surface area (Å²) in [4.78, 5) is 13.6. The van der Waals surface area contributed by atoms with Crippen molar-refractivity contribution in [1.82, 2.24) is 9.96 Å². The molecular weight excluding hydrogens is 216 g/mol. The summed E-state index contributed by atoms with van der Waals surface area (Å²) in [5.41, 5.74) is -0.455. The number of carbonyl (C=O) groups excluding carboxylic acids is 1. The molecule has 2 aliphatic rings. The first kappa shape index (κ1) is 12.8. The summed E-state index contributed by atoms with van der Waals surface area (Å²) in [6.45, 7) is 6.73. The molecule has 3 unspecified atom stereocenters. The number of hydrogen-bond donors (Lipinski definition) is 1. The molecule has 1 spiro atoms. The van der Waals surface area contributed by atoms with Crippen molar-refractivity contribution in [3.8, 4) is 0 Å². The quantitative estimate of drug-likeness (QED) is 0.761. The van der Waals surface area contributed by atoms with Gasteiger partial charge >= 0.3 is 0 Å². The second-order valence-electron chi connectivity index (χ2n) is 6.13. The molecule has 1 saturated carbocycles. The van der Waals surface area contributed by atoms with Gasteiger partial charge in [0.05, 0.1) is 0 Å². The predicted octanol–water partition coefficient (Wildman–Crippen LogP) is 1.94. The van der Waals surface area contributed by atoms with Gasteiger partial charge in [0.2, 0.25) is 5.91 Å². The van der Waals surface area contributed by atoms with Crippen LogP contribution in [0.15, 0.2) is 0 Å². The number of hydroxylamine groups is 2. The molecule has 0 aromatic heterocycles. The molecule has 0 radical (unpaired) electrons. The van der Waals surface area contributed by atoms with E-state index in [0.717, 1.165) is 12.8 Å². The summed E-state index contributed by atoms with van der Waals surface area (Å²) < 4.78 is 0. The van der Waals surface area contributed by atoms with Crippen LogP contribution in [0, 0.1) is 17.8 Å². The Labute approximate surface area is 104 Å². The highest BCUT2D eigenvalue weighted by atomic mass is 16.5. The Bertz CT molecular complexity index is 319. The normalized spacial score (nSPS) is 39.6. The van der Waals surface area contributed by atoms with Crippen LogP contribution in [-0.4, -0.2) is 40.3 Å². The topological polar surface area (TPSA) is 43.8 Å². The Balaban J connectivity index is 2.38. The minimum atomic E-state index is -0.455. The minimum Gasteiger partial charge on any atom is -0.324 e. The lowest BCUT2D eigenvalue weighted by atomic mass is 9.69. The van der Waals surface area contributed by atoms with Gasteiger partial charge in [-0.3, -0.25) is 4.79 Å². The van der Waals surface area contributed by atoms with Gasteiger partial charge in [-0.05, 0) is 24.7 Å². The van der Waals surface area contributed by atoms with Gasteiger partial charge in [-0.2, -0.15) is 5.06 Å². The van der Waals surface area contributed by atoms with E-state index in [1.54, 1.807) is 4.90 Å². The van der Waals surface area contributed by atoms with Gasteiger partial charge in [-0.1, -0.05) is 27.2 Å². The average Bonchev–Trinajstić information content (AvgIpc) is 2.44. The summed E-state index contributed by atoms with van der Waals surface area (Å²) >= 11 is 0. The van der Waals surface area contributed by atoms with Crippen molar-refractivity contribution < 1.29 is 10.0 Å². The fourth-order valence-corrected chi connectivity index (χ4v) is 3.77. The summed E-state index contributed by atoms with van der Waals surface area (Å²) in [5, 5.41) is 11.6. The third-order valence-corrected chi connectivity index (χ3v) is 4.70. The van der Waals surface area contributed by atoms with Crippen LogP contribution in [0.25, 0.3) is 0 Å². The Morgan fingerprint density at radius 2 is 2.06 bits per heavy atom. The third-order valence-electron chi connectivity index (χ3n) is 4.70. The lowest BCUT2D eigenvalue weighted by Crippen LogP contribution is -2.60. The molecule has 0 aromatic carbocycles. The van der Waals surface area contributed by atoms with Gasteiger partial charge in [0.15, 0.2) is 0 Å². The second kappa shape index (κ2) is 4.25. The Kier molecular flexibility index (Phi) is 3.21. The first-order valence-electron chi connectivity index (χ1n) is 6.62. The molecule has 1 heterocycles. The molecule has 0 aromatic rings. The largest absolute Gasteiger partial charge is 0.324 e. The maximum Gasteiger partial charge on any atom is 0.240 e. The first-order valence-corrected chi connectivity index (χ1v) is 6.62. The fourth-order valence-electron chi connectivity index (χ4n) is 3.77. The number of nitrogens with zero attached hydrogens (tertiary/aromatic N) is 2. The van der Waals surface area contributed by atoms with Crippen LogP contribution in [0.1, 0.15) is 40.0 Å². The van der Waals surface area contributed by atoms with E-state index >= 15 is 0 Å². The maximum atomic E-state index is 11.9. The number of rotatable bonds is 1. The standard InChI is InChI=1S/C13H24N2O2/c1-9(2)11-6-5-10(3)7-13(11)14(4)12(16)8-15(13)17/h9-11,17H,5-8H2,1-4H3. The Hall–Kier alpha value is -0.610. The first-order chi connectivity index (χ1) is 7.89. The molecular formula is C13H24N2O2. The lowest BCUT2D eigenvalue weighted by Gasteiger charge is -2.51. The summed E-state index contributed by atoms with van der Waals surface area (Å²) in [6, 6.07) is 0. The molecule has 3 atom stereocenters. The zero-order valence-electron chi connectivity index (χ0n) is 11.3. The van der Waals surface area contributed by atoms with Crippen molar-refractivity contribution in [2.24, 2.45) is 17.8 Å². The van der Waals surface area contributed by atoms with Crippen molar-refractivity contribution in [2.75, 3.05) is 13.6 Å². The molecule has 17 heavy (non-hydrogen) atoms. The zero-order chi connectivity index (χ0) is 12.8. The van der Waals surface area contributed by atoms with Crippen LogP contribution in [0.3, 0.4) is 0 Å². The third kappa shape index (κ3) is 1.78. The highest BCUT2D eigenvalue weighted by Crippen LogP contribution is 2.47. The van der Waals surface area contributed by atoms with E-state index in [1.807, 2.05) is 7.05 Å². The van der Waals surface area contributed by atoms with E-state index in [2.05, 4.69) is 20.8 Å². The fraction of sp³-hybridized carbons (Fsp3) is 0.923. The van der Waals surface area contributed by atoms with Crippen molar-refractivity contribution in [3.05, 3.63) is 0 Å². The molecule has 1 amide bonds. The van der Waals surface area contributed by atoms with Gasteiger partial charge in [0, 0.05) is 13.0 Å². The number of hydrogen-bond acceptors (Lipinski definition) is 3. The van der Waals surface area contributed by atoms with E-state index in [9.17, 15) is 10.0 Å². The smallest absolute Gasteiger partial charge is 0.240 e. The number of amides is 1. The molecule has 2 fully saturated rings. The molecule has 0 bridgehead atoms. The second-order valence-corrected chi connectivity index (χ2v) is 6.13. The van der Waals surface area contributed by atoms with Crippen molar-refractivity contribution in [3.63, 3.8) is 0 Å². The van der Waals surface area contributed by atoms with E-state index in [0.29, 0.717) is 17.8 Å². The van der Waals surface area contributed by atoms with Crippen LogP contribution in [0.4, 0.5) is 0 Å². The maximum absolute atomic E-state index is 11.9. The van der Waals surface area contributed by atoms with Crippen LogP contribution in [-0.2, 0) is 4.79 Å². The monoisotopic (exact) mass is 240 g/mol. The van der Waals surface area contributed by atoms with E-state index in [4.69, 9.17) is 0 Å². The highest BCUT2D eigenvalue weighted by molar-refractivity contribution is 5.81. The molecule has 1 N–H and O–H groups in total. The van der Waals surface area contributed by atoms with Crippen molar-refractivity contribution in [1.29, 1.82) is 0 Å². The summed E-state index contributed by atoms with van der Waals surface area (Å²) in [5.74, 6) is 1.44. The summed E-state index contributed by atoms with van der Waals surface area (Å²) in [6.07, 6.45) is 3.17. The Morgan fingerprint density at radius 1 is 1.41 bits per heavy atom. The van der Waals surface area contributed by atoms with E-state index in [-0.39, 0.29) is 12.5 Å². The van der Waals surface area contributed by atoms with Gasteiger partial charge in [0.1, 0.15) is 12.2 Å². The SMILES string of the molecule is CC1CCC(C(C)C)C2(C1)N(O)CC(=O)N2C. The molecule has 2 rings (SSSR count). The highest BCUT2D eigenvalue weighted by Gasteiger charge is 2.56. The average molecular weight is 240 g/mol. The van der Waals surface area contributed by atoms with Crippen LogP contribution < -0.4 is 0 Å². The van der Waals surface area contributed by atoms with E-state index in [1.165, 1.54) is 11.5 Å². The molecule has 4 nitrogen and oxygen atoms in total. The van der Waals surface area contributed by atoms with Crippen molar-refractivity contribution >= 4 is 5.91 Å². The van der Waals surface area contributed by atoms with Crippen LogP contribution in [0.5, 0.6) is 0 Å². The van der Waals surface area contributed by atoms with Crippen molar-refractivity contribution in [2.45, 2.75) is 45.7 Å². The molecule has 1 aliphatic heterocycles. The van der Waals surface area contributed by atoms with Gasteiger partial charge in [0.25, 0.3) is 0 Å². The Morgan fingerprint density at radius 3 is 2.53 bits per heavy atom. The number of carbonyl (C=O) groups is 1. The molecule has 1 saturated heterocycles. The predicted molar refractivity (Wildman–Crippen MR) is 65.3 cm³/mol. The van der Waals surface area contributed by atoms with Gasteiger partial charge < -0.3 is 10.1 Å². The lowest BCUT2D eigenvalue weighted by molar-refractivity contribution is -0.226. The van der Waals surface area contributed by atoms with Gasteiger partial charge in [-0.15, -0.1) is 0 Å². The minimum absolute atomic E-state index is 0.0345.